The van der Waals surface area contributed by atoms with E-state index >= 15 is 0 Å². The number of fused-ring (bicyclic) bond motifs is 1. The maximum atomic E-state index is 12.2. The summed E-state index contributed by atoms with van der Waals surface area (Å²) < 4.78 is 0. The fourth-order valence-electron chi connectivity index (χ4n) is 2.04. The SMILES string of the molecule is Cc1ccc2c(c1)S[C@@H](C(=O)Nc1ncccn1)C2. The van der Waals surface area contributed by atoms with Gasteiger partial charge in [-0.3, -0.25) is 10.1 Å². The second-order valence-corrected chi connectivity index (χ2v) is 5.73. The van der Waals surface area contributed by atoms with Crippen LogP contribution >= 0.6 is 11.8 Å². The summed E-state index contributed by atoms with van der Waals surface area (Å²) in [5.41, 5.74) is 2.46. The van der Waals surface area contributed by atoms with Gasteiger partial charge in [-0.15, -0.1) is 11.8 Å². The summed E-state index contributed by atoms with van der Waals surface area (Å²) in [5, 5.41) is 2.65. The molecule has 0 unspecified atom stereocenters. The molecule has 96 valence electrons. The molecule has 0 radical (unpaired) electrons. The van der Waals surface area contributed by atoms with Gasteiger partial charge in [0.15, 0.2) is 0 Å². The quantitative estimate of drug-likeness (QED) is 0.911. The predicted octanol–water partition coefficient (Wildman–Crippen LogP) is 2.44. The Morgan fingerprint density at radius 2 is 2.16 bits per heavy atom. The topological polar surface area (TPSA) is 54.9 Å². The van der Waals surface area contributed by atoms with Gasteiger partial charge >= 0.3 is 0 Å². The number of hydrogen-bond donors (Lipinski definition) is 1. The second kappa shape index (κ2) is 5.01. The Kier molecular flexibility index (Phi) is 3.21. The average molecular weight is 271 g/mol. The molecular weight excluding hydrogens is 258 g/mol. The van der Waals surface area contributed by atoms with Crippen molar-refractivity contribution >= 4 is 23.6 Å². The fourth-order valence-corrected chi connectivity index (χ4v) is 3.33. The summed E-state index contributed by atoms with van der Waals surface area (Å²) >= 11 is 1.61. The highest BCUT2D eigenvalue weighted by molar-refractivity contribution is 8.01. The highest BCUT2D eigenvalue weighted by Crippen LogP contribution is 2.37. The van der Waals surface area contributed by atoms with Gasteiger partial charge in [-0.05, 0) is 31.0 Å². The largest absolute Gasteiger partial charge is 0.294 e. The minimum Gasteiger partial charge on any atom is -0.294 e. The molecular formula is C14H13N3OS. The molecule has 2 aromatic rings. The Balaban J connectivity index is 1.71. The number of rotatable bonds is 2. The van der Waals surface area contributed by atoms with Crippen molar-refractivity contribution in [2.75, 3.05) is 5.32 Å². The summed E-state index contributed by atoms with van der Waals surface area (Å²) in [5.74, 6) is 0.324. The van der Waals surface area contributed by atoms with Crippen molar-refractivity contribution in [3.63, 3.8) is 0 Å². The Hall–Kier alpha value is -1.88. The van der Waals surface area contributed by atoms with E-state index in [0.717, 1.165) is 6.42 Å². The summed E-state index contributed by atoms with van der Waals surface area (Å²) in [7, 11) is 0. The van der Waals surface area contributed by atoms with Crippen LogP contribution in [-0.2, 0) is 11.2 Å². The van der Waals surface area contributed by atoms with Crippen molar-refractivity contribution < 1.29 is 4.79 Å². The third-order valence-electron chi connectivity index (χ3n) is 2.99. The van der Waals surface area contributed by atoms with Crippen LogP contribution in [-0.4, -0.2) is 21.1 Å². The van der Waals surface area contributed by atoms with E-state index in [2.05, 4.69) is 40.4 Å². The molecule has 1 amide bonds. The summed E-state index contributed by atoms with van der Waals surface area (Å²) in [6.07, 6.45) is 3.99. The highest BCUT2D eigenvalue weighted by atomic mass is 32.2. The molecule has 4 nitrogen and oxygen atoms in total. The van der Waals surface area contributed by atoms with Crippen LogP contribution in [0.2, 0.25) is 0 Å². The monoisotopic (exact) mass is 271 g/mol. The first-order chi connectivity index (χ1) is 9.22. The van der Waals surface area contributed by atoms with E-state index in [1.54, 1.807) is 30.2 Å². The first-order valence-electron chi connectivity index (χ1n) is 6.06. The molecule has 1 aliphatic rings. The molecule has 1 atom stereocenters. The number of carbonyl (C=O) groups excluding carboxylic acids is 1. The molecule has 1 aliphatic heterocycles. The fraction of sp³-hybridized carbons (Fsp3) is 0.214. The lowest BCUT2D eigenvalue weighted by Gasteiger charge is -2.07. The molecule has 0 fully saturated rings. The van der Waals surface area contributed by atoms with Gasteiger partial charge in [0.05, 0.1) is 5.25 Å². The van der Waals surface area contributed by atoms with Crippen molar-refractivity contribution in [3.8, 4) is 0 Å². The zero-order chi connectivity index (χ0) is 13.2. The van der Waals surface area contributed by atoms with Crippen LogP contribution in [0.4, 0.5) is 5.95 Å². The minimum absolute atomic E-state index is 0.0370. The lowest BCUT2D eigenvalue weighted by atomic mass is 10.1. The number of thioether (sulfide) groups is 1. The van der Waals surface area contributed by atoms with Gasteiger partial charge in [-0.25, -0.2) is 9.97 Å². The Morgan fingerprint density at radius 1 is 1.37 bits per heavy atom. The van der Waals surface area contributed by atoms with Gasteiger partial charge < -0.3 is 0 Å². The first kappa shape index (κ1) is 12.2. The van der Waals surface area contributed by atoms with E-state index < -0.39 is 0 Å². The van der Waals surface area contributed by atoms with Crippen LogP contribution in [0.3, 0.4) is 0 Å². The van der Waals surface area contributed by atoms with Crippen LogP contribution in [0.5, 0.6) is 0 Å². The highest BCUT2D eigenvalue weighted by Gasteiger charge is 2.28. The van der Waals surface area contributed by atoms with Crippen molar-refractivity contribution in [2.45, 2.75) is 23.5 Å². The van der Waals surface area contributed by atoms with Gasteiger partial charge in [0.1, 0.15) is 0 Å². The molecule has 1 N–H and O–H groups in total. The second-order valence-electron chi connectivity index (χ2n) is 4.48. The summed E-state index contributed by atoms with van der Waals surface area (Å²) in [6, 6.07) is 8.04. The minimum atomic E-state index is -0.0967. The molecule has 1 aromatic heterocycles. The zero-order valence-electron chi connectivity index (χ0n) is 10.5. The smallest absolute Gasteiger partial charge is 0.240 e. The molecule has 0 bridgehead atoms. The molecule has 2 heterocycles. The van der Waals surface area contributed by atoms with Gasteiger partial charge in [0, 0.05) is 17.3 Å². The standard InChI is InChI=1S/C14H13N3OS/c1-9-3-4-10-8-12(19-11(10)7-9)13(18)17-14-15-5-2-6-16-14/h2-7,12H,8H2,1H3,(H,15,16,17,18)/t12-/m1/s1. The van der Waals surface area contributed by atoms with E-state index in [4.69, 9.17) is 0 Å². The van der Waals surface area contributed by atoms with E-state index in [1.165, 1.54) is 16.0 Å². The molecule has 0 saturated heterocycles. The molecule has 19 heavy (non-hydrogen) atoms. The van der Waals surface area contributed by atoms with E-state index in [1.807, 2.05) is 0 Å². The predicted molar refractivity (Wildman–Crippen MR) is 75.2 cm³/mol. The van der Waals surface area contributed by atoms with Crippen molar-refractivity contribution in [1.82, 2.24) is 9.97 Å². The van der Waals surface area contributed by atoms with Crippen LogP contribution in [0, 0.1) is 6.92 Å². The number of amides is 1. The molecule has 3 rings (SSSR count). The maximum absolute atomic E-state index is 12.2. The lowest BCUT2D eigenvalue weighted by Crippen LogP contribution is -2.25. The van der Waals surface area contributed by atoms with Crippen LogP contribution in [0.15, 0.2) is 41.6 Å². The van der Waals surface area contributed by atoms with Crippen LogP contribution in [0.1, 0.15) is 11.1 Å². The number of carbonyl (C=O) groups is 1. The third kappa shape index (κ3) is 2.61. The first-order valence-corrected chi connectivity index (χ1v) is 6.94. The van der Waals surface area contributed by atoms with Gasteiger partial charge in [0.2, 0.25) is 11.9 Å². The van der Waals surface area contributed by atoms with Crippen LogP contribution < -0.4 is 5.32 Å². The van der Waals surface area contributed by atoms with Crippen molar-refractivity contribution in [2.24, 2.45) is 0 Å². The van der Waals surface area contributed by atoms with Gasteiger partial charge in [-0.1, -0.05) is 17.7 Å². The number of aryl methyl sites for hydroxylation is 1. The summed E-state index contributed by atoms with van der Waals surface area (Å²) in [6.45, 7) is 2.06. The number of aromatic nitrogens is 2. The molecule has 0 spiro atoms. The van der Waals surface area contributed by atoms with Crippen molar-refractivity contribution in [1.29, 1.82) is 0 Å². The van der Waals surface area contributed by atoms with E-state index in [9.17, 15) is 4.79 Å². The van der Waals surface area contributed by atoms with Crippen molar-refractivity contribution in [3.05, 3.63) is 47.8 Å². The average Bonchev–Trinajstić information content (AvgIpc) is 2.83. The molecule has 0 aliphatic carbocycles. The number of hydrogen-bond acceptors (Lipinski definition) is 4. The number of nitrogens with one attached hydrogen (secondary N) is 1. The molecule has 1 aromatic carbocycles. The van der Waals surface area contributed by atoms with Gasteiger partial charge in [-0.2, -0.15) is 0 Å². The lowest BCUT2D eigenvalue weighted by molar-refractivity contribution is -0.115. The summed E-state index contributed by atoms with van der Waals surface area (Å²) in [4.78, 5) is 21.4. The Morgan fingerprint density at radius 3 is 2.95 bits per heavy atom. The normalized spacial score (nSPS) is 17.0. The Bertz CT molecular complexity index is 615. The van der Waals surface area contributed by atoms with Gasteiger partial charge in [0.25, 0.3) is 0 Å². The van der Waals surface area contributed by atoms with E-state index in [-0.39, 0.29) is 11.2 Å². The Labute approximate surface area is 115 Å². The number of nitrogens with zero attached hydrogens (tertiary/aromatic N) is 2. The zero-order valence-corrected chi connectivity index (χ0v) is 11.3. The number of anilines is 1. The van der Waals surface area contributed by atoms with Crippen LogP contribution in [0.25, 0.3) is 0 Å². The third-order valence-corrected chi connectivity index (χ3v) is 4.29. The maximum Gasteiger partial charge on any atom is 0.240 e. The molecule has 0 saturated carbocycles. The molecule has 5 heteroatoms. The number of benzene rings is 1. The van der Waals surface area contributed by atoms with E-state index in [0.29, 0.717) is 5.95 Å².